The van der Waals surface area contributed by atoms with Crippen LogP contribution in [0.4, 0.5) is 0 Å². The molecule has 28 heavy (non-hydrogen) atoms. The molecule has 2 aromatic rings. The molecule has 148 valence electrons. The molecule has 1 unspecified atom stereocenters. The van der Waals surface area contributed by atoms with E-state index in [-0.39, 0.29) is 5.41 Å². The minimum atomic E-state index is -0.309. The summed E-state index contributed by atoms with van der Waals surface area (Å²) in [4.78, 5) is 3.98. The molecule has 2 aliphatic rings. The highest BCUT2D eigenvalue weighted by molar-refractivity contribution is 7.10. The Morgan fingerprint density at radius 1 is 1.14 bits per heavy atom. The predicted octanol–water partition coefficient (Wildman–Crippen LogP) is 4.12. The number of nitrogens with one attached hydrogen (secondary N) is 1. The smallest absolute Gasteiger partial charge is 0.0823 e. The number of nitriles is 1. The molecule has 4 nitrogen and oxygen atoms in total. The van der Waals surface area contributed by atoms with Gasteiger partial charge < -0.3 is 10.1 Å². The van der Waals surface area contributed by atoms with E-state index in [0.717, 1.165) is 58.5 Å². The second kappa shape index (κ2) is 9.19. The third-order valence-corrected chi connectivity index (χ3v) is 7.31. The van der Waals surface area contributed by atoms with Crippen molar-refractivity contribution in [1.82, 2.24) is 10.2 Å². The number of rotatable bonds is 6. The second-order valence-corrected chi connectivity index (χ2v) is 8.90. The van der Waals surface area contributed by atoms with E-state index in [9.17, 15) is 5.26 Å². The molecule has 0 amide bonds. The van der Waals surface area contributed by atoms with Crippen molar-refractivity contribution >= 4 is 11.3 Å². The van der Waals surface area contributed by atoms with Gasteiger partial charge in [-0.3, -0.25) is 4.90 Å². The number of hydrogen-bond acceptors (Lipinski definition) is 5. The average Bonchev–Trinajstić information content (AvgIpc) is 3.30. The number of benzene rings is 1. The summed E-state index contributed by atoms with van der Waals surface area (Å²) in [7, 11) is 0. The van der Waals surface area contributed by atoms with Crippen LogP contribution in [0.1, 0.15) is 42.2 Å². The largest absolute Gasteiger partial charge is 0.379 e. The Balaban J connectivity index is 1.36. The van der Waals surface area contributed by atoms with Crippen molar-refractivity contribution in [3.05, 3.63) is 58.3 Å². The molecule has 1 atom stereocenters. The fourth-order valence-corrected chi connectivity index (χ4v) is 5.46. The molecule has 1 saturated heterocycles. The molecular formula is C23H29N3OS. The van der Waals surface area contributed by atoms with E-state index < -0.39 is 0 Å². The van der Waals surface area contributed by atoms with Gasteiger partial charge in [-0.15, -0.1) is 11.3 Å². The highest BCUT2D eigenvalue weighted by atomic mass is 32.1. The third-order valence-electron chi connectivity index (χ3n) is 6.34. The minimum Gasteiger partial charge on any atom is -0.379 e. The van der Waals surface area contributed by atoms with Gasteiger partial charge in [0, 0.05) is 30.6 Å². The lowest BCUT2D eigenvalue weighted by molar-refractivity contribution is 0.0160. The normalized spacial score (nSPS) is 27.2. The number of nitrogens with zero attached hydrogens (tertiary/aromatic N) is 2. The summed E-state index contributed by atoms with van der Waals surface area (Å²) >= 11 is 1.85. The molecule has 1 saturated carbocycles. The molecule has 0 bridgehead atoms. The molecule has 0 radical (unpaired) electrons. The fourth-order valence-electron chi connectivity index (χ4n) is 4.59. The predicted molar refractivity (Wildman–Crippen MR) is 113 cm³/mol. The average molecular weight is 396 g/mol. The minimum absolute atomic E-state index is 0.309. The van der Waals surface area contributed by atoms with Gasteiger partial charge >= 0.3 is 0 Å². The lowest BCUT2D eigenvalue weighted by atomic mass is 9.69. The summed E-state index contributed by atoms with van der Waals surface area (Å²) < 4.78 is 5.55. The quantitative estimate of drug-likeness (QED) is 0.799. The molecule has 4 rings (SSSR count). The van der Waals surface area contributed by atoms with Crippen LogP contribution in [0, 0.1) is 11.3 Å². The van der Waals surface area contributed by atoms with Crippen LogP contribution < -0.4 is 5.32 Å². The lowest BCUT2D eigenvalue weighted by Crippen LogP contribution is -2.46. The van der Waals surface area contributed by atoms with Crippen LogP contribution in [0.3, 0.4) is 0 Å². The first kappa shape index (κ1) is 19.6. The van der Waals surface area contributed by atoms with Crippen molar-refractivity contribution in [2.24, 2.45) is 0 Å². The number of morpholine rings is 1. The van der Waals surface area contributed by atoms with Crippen LogP contribution in [0.15, 0.2) is 47.8 Å². The van der Waals surface area contributed by atoms with Crippen molar-refractivity contribution in [2.45, 2.75) is 43.2 Å². The van der Waals surface area contributed by atoms with Crippen LogP contribution in [-0.4, -0.2) is 43.8 Å². The molecule has 5 heteroatoms. The molecule has 1 aliphatic heterocycles. The van der Waals surface area contributed by atoms with Gasteiger partial charge in [-0.05, 0) is 42.7 Å². The zero-order valence-corrected chi connectivity index (χ0v) is 17.2. The van der Waals surface area contributed by atoms with Gasteiger partial charge in [0.15, 0.2) is 0 Å². The Morgan fingerprint density at radius 3 is 2.54 bits per heavy atom. The van der Waals surface area contributed by atoms with Crippen molar-refractivity contribution in [1.29, 1.82) is 5.26 Å². The van der Waals surface area contributed by atoms with Crippen LogP contribution in [0.5, 0.6) is 0 Å². The first-order valence-electron chi connectivity index (χ1n) is 10.4. The molecule has 2 heterocycles. The summed E-state index contributed by atoms with van der Waals surface area (Å²) in [5.41, 5.74) is 0.873. The van der Waals surface area contributed by atoms with E-state index in [0.29, 0.717) is 12.1 Å². The van der Waals surface area contributed by atoms with Gasteiger partial charge in [0.25, 0.3) is 0 Å². The Kier molecular flexibility index (Phi) is 6.43. The van der Waals surface area contributed by atoms with E-state index in [1.54, 1.807) is 0 Å². The maximum Gasteiger partial charge on any atom is 0.0823 e. The van der Waals surface area contributed by atoms with Crippen LogP contribution in [-0.2, 0) is 10.2 Å². The van der Waals surface area contributed by atoms with Crippen molar-refractivity contribution in [3.63, 3.8) is 0 Å². The van der Waals surface area contributed by atoms with Gasteiger partial charge in [0.05, 0.1) is 30.7 Å². The van der Waals surface area contributed by atoms with Crippen LogP contribution in [0.2, 0.25) is 0 Å². The zero-order valence-electron chi connectivity index (χ0n) is 16.3. The summed E-state index contributed by atoms with van der Waals surface area (Å²) in [5.74, 6) is 0. The highest BCUT2D eigenvalue weighted by Gasteiger charge is 2.37. The van der Waals surface area contributed by atoms with Crippen molar-refractivity contribution in [3.8, 4) is 6.07 Å². The van der Waals surface area contributed by atoms with Gasteiger partial charge in [-0.2, -0.15) is 5.26 Å². The number of thiophene rings is 1. The molecule has 1 aromatic carbocycles. The molecule has 1 aromatic heterocycles. The van der Waals surface area contributed by atoms with E-state index in [4.69, 9.17) is 4.74 Å². The Bertz CT molecular complexity index is 757. The first-order chi connectivity index (χ1) is 13.8. The Labute approximate surface area is 172 Å². The van der Waals surface area contributed by atoms with Gasteiger partial charge in [-0.1, -0.05) is 36.4 Å². The first-order valence-corrected chi connectivity index (χ1v) is 11.2. The zero-order chi connectivity index (χ0) is 19.2. The number of ether oxygens (including phenoxy) is 1. The highest BCUT2D eigenvalue weighted by Crippen LogP contribution is 2.39. The number of hydrogen-bond donors (Lipinski definition) is 1. The fraction of sp³-hybridized carbons (Fsp3) is 0.522. The summed E-state index contributed by atoms with van der Waals surface area (Å²) in [5, 5.41) is 15.9. The van der Waals surface area contributed by atoms with Gasteiger partial charge in [0.1, 0.15) is 0 Å². The molecular weight excluding hydrogens is 366 g/mol. The van der Waals surface area contributed by atoms with Crippen molar-refractivity contribution in [2.75, 3.05) is 32.8 Å². The van der Waals surface area contributed by atoms with E-state index in [1.165, 1.54) is 10.4 Å². The molecule has 1 N–H and O–H groups in total. The van der Waals surface area contributed by atoms with Crippen LogP contribution >= 0.6 is 11.3 Å². The summed E-state index contributed by atoms with van der Waals surface area (Å²) in [6.45, 7) is 4.62. The molecule has 1 aliphatic carbocycles. The topological polar surface area (TPSA) is 48.3 Å². The maximum atomic E-state index is 9.91. The van der Waals surface area contributed by atoms with Gasteiger partial charge in [-0.25, -0.2) is 0 Å². The summed E-state index contributed by atoms with van der Waals surface area (Å²) in [6.07, 6.45) is 3.99. The van der Waals surface area contributed by atoms with E-state index >= 15 is 0 Å². The lowest BCUT2D eigenvalue weighted by Gasteiger charge is -2.38. The van der Waals surface area contributed by atoms with E-state index in [2.05, 4.69) is 45.9 Å². The Morgan fingerprint density at radius 2 is 1.89 bits per heavy atom. The van der Waals surface area contributed by atoms with Crippen molar-refractivity contribution < 1.29 is 4.74 Å². The molecule has 0 spiro atoms. The monoisotopic (exact) mass is 395 g/mol. The maximum absolute atomic E-state index is 9.91. The standard InChI is InChI=1S/C23H29N3OS/c24-18-23(19-5-2-1-3-6-19)10-8-20(9-11-23)25-17-21(22-7-4-16-28-22)26-12-14-27-15-13-26/h1-7,16,20-21,25H,8-15,17H2. The SMILES string of the molecule is N#CC1(c2ccccc2)CCC(NCC(c2cccs2)N2CCOCC2)CC1. The summed E-state index contributed by atoms with van der Waals surface area (Å²) in [6, 6.07) is 18.3. The van der Waals surface area contributed by atoms with Crippen LogP contribution in [0.25, 0.3) is 0 Å². The Hall–Kier alpha value is -1.71. The van der Waals surface area contributed by atoms with E-state index in [1.807, 2.05) is 29.5 Å². The third kappa shape index (κ3) is 4.31. The van der Waals surface area contributed by atoms with Gasteiger partial charge in [0.2, 0.25) is 0 Å². The second-order valence-electron chi connectivity index (χ2n) is 7.92. The molecule has 2 fully saturated rings.